The Bertz CT molecular complexity index is 128. The molecule has 2 nitrogen and oxygen atoms in total. The predicted molar refractivity (Wildman–Crippen MR) is 51.3 cm³/mol. The van der Waals surface area contributed by atoms with Crippen molar-refractivity contribution in [1.82, 2.24) is 5.32 Å². The van der Waals surface area contributed by atoms with Gasteiger partial charge in [0.1, 0.15) is 0 Å². The molecule has 0 aromatic heterocycles. The second kappa shape index (κ2) is 4.24. The molecule has 0 aromatic carbocycles. The fourth-order valence-corrected chi connectivity index (χ4v) is 1.51. The average Bonchev–Trinajstić information content (AvgIpc) is 2.35. The van der Waals surface area contributed by atoms with E-state index in [0.717, 1.165) is 32.2 Å². The summed E-state index contributed by atoms with van der Waals surface area (Å²) in [6.07, 6.45) is 1.21. The van der Waals surface area contributed by atoms with Crippen LogP contribution in [0.4, 0.5) is 0 Å². The molecule has 0 aliphatic carbocycles. The number of hydrogen-bond acceptors (Lipinski definition) is 2. The zero-order valence-corrected chi connectivity index (χ0v) is 8.52. The first-order valence-electron chi connectivity index (χ1n) is 4.91. The number of rotatable bonds is 4. The quantitative estimate of drug-likeness (QED) is 0.694. The van der Waals surface area contributed by atoms with Crippen LogP contribution in [0.25, 0.3) is 0 Å². The maximum Gasteiger partial charge on any atom is 0.0532 e. The largest absolute Gasteiger partial charge is 0.381 e. The van der Waals surface area contributed by atoms with Gasteiger partial charge in [0.25, 0.3) is 0 Å². The lowest BCUT2D eigenvalue weighted by Crippen LogP contribution is -2.34. The third-order valence-corrected chi connectivity index (χ3v) is 2.40. The Labute approximate surface area is 75.7 Å². The summed E-state index contributed by atoms with van der Waals surface area (Å²) in [6.45, 7) is 10.9. The highest BCUT2D eigenvalue weighted by atomic mass is 16.5. The molecule has 1 heterocycles. The second-order valence-electron chi connectivity index (χ2n) is 4.64. The van der Waals surface area contributed by atoms with Gasteiger partial charge < -0.3 is 10.1 Å². The Morgan fingerprint density at radius 3 is 2.75 bits per heavy atom. The first-order valence-corrected chi connectivity index (χ1v) is 4.91. The Hall–Kier alpha value is -0.0800. The molecule has 0 bridgehead atoms. The molecule has 12 heavy (non-hydrogen) atoms. The summed E-state index contributed by atoms with van der Waals surface area (Å²) in [5.74, 6) is 0.746. The highest BCUT2D eigenvalue weighted by molar-refractivity contribution is 4.80. The molecule has 0 saturated carbocycles. The number of ether oxygens (including phenoxy) is 1. The van der Waals surface area contributed by atoms with Crippen molar-refractivity contribution in [2.45, 2.75) is 27.2 Å². The van der Waals surface area contributed by atoms with Crippen molar-refractivity contribution in [2.24, 2.45) is 11.3 Å². The van der Waals surface area contributed by atoms with E-state index in [2.05, 4.69) is 26.1 Å². The van der Waals surface area contributed by atoms with Crippen molar-refractivity contribution in [2.75, 3.05) is 26.3 Å². The molecule has 1 aliphatic heterocycles. The fourth-order valence-electron chi connectivity index (χ4n) is 1.51. The first kappa shape index (κ1) is 10.0. The van der Waals surface area contributed by atoms with Crippen LogP contribution in [0.15, 0.2) is 0 Å². The molecule has 1 N–H and O–H groups in total. The van der Waals surface area contributed by atoms with E-state index in [9.17, 15) is 0 Å². The van der Waals surface area contributed by atoms with Crippen molar-refractivity contribution < 1.29 is 4.74 Å². The Kier molecular flexibility index (Phi) is 3.53. The van der Waals surface area contributed by atoms with Crippen LogP contribution in [0.5, 0.6) is 0 Å². The van der Waals surface area contributed by atoms with Gasteiger partial charge in [-0.15, -0.1) is 0 Å². The van der Waals surface area contributed by atoms with Crippen molar-refractivity contribution in [1.29, 1.82) is 0 Å². The van der Waals surface area contributed by atoms with Gasteiger partial charge in [0.2, 0.25) is 0 Å². The number of nitrogens with one attached hydrogen (secondary N) is 1. The number of hydrogen-bond donors (Lipinski definition) is 1. The van der Waals surface area contributed by atoms with Crippen molar-refractivity contribution in [3.05, 3.63) is 0 Å². The van der Waals surface area contributed by atoms with Gasteiger partial charge in [-0.1, -0.05) is 20.8 Å². The Morgan fingerprint density at radius 2 is 2.25 bits per heavy atom. The molecular weight excluding hydrogens is 150 g/mol. The molecule has 1 rings (SSSR count). The first-order chi connectivity index (χ1) is 5.62. The van der Waals surface area contributed by atoms with E-state index in [-0.39, 0.29) is 0 Å². The van der Waals surface area contributed by atoms with Gasteiger partial charge in [0, 0.05) is 18.6 Å². The Balaban J connectivity index is 2.13. The van der Waals surface area contributed by atoms with Gasteiger partial charge >= 0.3 is 0 Å². The van der Waals surface area contributed by atoms with Crippen LogP contribution in [0.2, 0.25) is 0 Å². The van der Waals surface area contributed by atoms with E-state index in [4.69, 9.17) is 4.74 Å². The molecule has 0 radical (unpaired) electrons. The predicted octanol–water partition coefficient (Wildman–Crippen LogP) is 1.66. The van der Waals surface area contributed by atoms with E-state index >= 15 is 0 Å². The molecule has 1 unspecified atom stereocenters. The van der Waals surface area contributed by atoms with Crippen molar-refractivity contribution in [3.8, 4) is 0 Å². The zero-order valence-electron chi connectivity index (χ0n) is 8.52. The van der Waals surface area contributed by atoms with E-state index in [1.54, 1.807) is 0 Å². The van der Waals surface area contributed by atoms with Gasteiger partial charge in [0.05, 0.1) is 6.61 Å². The second-order valence-corrected chi connectivity index (χ2v) is 4.64. The van der Waals surface area contributed by atoms with E-state index < -0.39 is 0 Å². The van der Waals surface area contributed by atoms with Crippen LogP contribution in [-0.4, -0.2) is 26.3 Å². The summed E-state index contributed by atoms with van der Waals surface area (Å²) in [6, 6.07) is 0. The molecule has 0 aromatic rings. The summed E-state index contributed by atoms with van der Waals surface area (Å²) in [5.41, 5.74) is 0.398. The minimum Gasteiger partial charge on any atom is -0.381 e. The summed E-state index contributed by atoms with van der Waals surface area (Å²) < 4.78 is 5.38. The van der Waals surface area contributed by atoms with Crippen LogP contribution in [-0.2, 0) is 4.74 Å². The molecule has 0 spiro atoms. The van der Waals surface area contributed by atoms with Gasteiger partial charge in [-0.2, -0.15) is 0 Å². The molecule has 1 atom stereocenters. The third-order valence-electron chi connectivity index (χ3n) is 2.40. The van der Waals surface area contributed by atoms with Crippen LogP contribution in [0, 0.1) is 11.3 Å². The van der Waals surface area contributed by atoms with Gasteiger partial charge in [0.15, 0.2) is 0 Å². The minimum atomic E-state index is 0.398. The molecule has 1 aliphatic rings. The molecule has 0 amide bonds. The highest BCUT2D eigenvalue weighted by Crippen LogP contribution is 2.26. The van der Waals surface area contributed by atoms with Gasteiger partial charge in [-0.05, 0) is 18.9 Å². The molecule has 1 saturated heterocycles. The lowest BCUT2D eigenvalue weighted by atomic mass is 9.90. The topological polar surface area (TPSA) is 21.3 Å². The molecule has 2 heteroatoms. The van der Waals surface area contributed by atoms with Crippen molar-refractivity contribution in [3.63, 3.8) is 0 Å². The molecular formula is C10H21NO. The zero-order chi connectivity index (χ0) is 9.03. The lowest BCUT2D eigenvalue weighted by molar-refractivity contribution is 0.158. The SMILES string of the molecule is CC(C)CNCC1(C)CCOC1. The summed E-state index contributed by atoms with van der Waals surface area (Å²) >= 11 is 0. The van der Waals surface area contributed by atoms with E-state index in [1.165, 1.54) is 6.42 Å². The standard InChI is InChI=1S/C10H21NO/c1-9(2)6-11-7-10(3)4-5-12-8-10/h9,11H,4-8H2,1-3H3. The maximum absolute atomic E-state index is 5.38. The molecule has 1 fully saturated rings. The van der Waals surface area contributed by atoms with Crippen LogP contribution >= 0.6 is 0 Å². The van der Waals surface area contributed by atoms with Gasteiger partial charge in [-0.3, -0.25) is 0 Å². The van der Waals surface area contributed by atoms with E-state index in [1.807, 2.05) is 0 Å². The van der Waals surface area contributed by atoms with Crippen LogP contribution in [0.1, 0.15) is 27.2 Å². The highest BCUT2D eigenvalue weighted by Gasteiger charge is 2.28. The fraction of sp³-hybridized carbons (Fsp3) is 1.00. The van der Waals surface area contributed by atoms with Crippen molar-refractivity contribution >= 4 is 0 Å². The normalized spacial score (nSPS) is 30.0. The molecule has 72 valence electrons. The smallest absolute Gasteiger partial charge is 0.0532 e. The minimum absolute atomic E-state index is 0.398. The summed E-state index contributed by atoms with van der Waals surface area (Å²) in [5, 5.41) is 3.49. The average molecular weight is 171 g/mol. The summed E-state index contributed by atoms with van der Waals surface area (Å²) in [4.78, 5) is 0. The Morgan fingerprint density at radius 1 is 1.50 bits per heavy atom. The van der Waals surface area contributed by atoms with Gasteiger partial charge in [-0.25, -0.2) is 0 Å². The van der Waals surface area contributed by atoms with Crippen LogP contribution < -0.4 is 5.32 Å². The lowest BCUT2D eigenvalue weighted by Gasteiger charge is -2.22. The monoisotopic (exact) mass is 171 g/mol. The third kappa shape index (κ3) is 3.11. The van der Waals surface area contributed by atoms with E-state index in [0.29, 0.717) is 5.41 Å². The van der Waals surface area contributed by atoms with Crippen LogP contribution in [0.3, 0.4) is 0 Å². The maximum atomic E-state index is 5.38. The summed E-state index contributed by atoms with van der Waals surface area (Å²) in [7, 11) is 0.